The molecule has 0 saturated heterocycles. The number of nitrogens with one attached hydrogen (secondary N) is 2. The SMILES string of the molecule is COCCOc1ccc(C(=O)NNC(=O)COc2ccc(Br)cc2)cc1. The molecule has 0 aliphatic carbocycles. The number of amides is 2. The van der Waals surface area contributed by atoms with Crippen molar-refractivity contribution >= 4 is 27.7 Å². The first-order chi connectivity index (χ1) is 12.6. The summed E-state index contributed by atoms with van der Waals surface area (Å²) in [5.74, 6) is 0.274. The number of hydrazine groups is 1. The van der Waals surface area contributed by atoms with E-state index in [0.29, 0.717) is 30.3 Å². The van der Waals surface area contributed by atoms with Gasteiger partial charge in [-0.2, -0.15) is 0 Å². The highest BCUT2D eigenvalue weighted by atomic mass is 79.9. The van der Waals surface area contributed by atoms with Crippen LogP contribution in [-0.4, -0.2) is 38.7 Å². The average molecular weight is 423 g/mol. The third-order valence-electron chi connectivity index (χ3n) is 3.17. The minimum absolute atomic E-state index is 0.214. The molecule has 0 bridgehead atoms. The van der Waals surface area contributed by atoms with Crippen LogP contribution in [0.3, 0.4) is 0 Å². The van der Waals surface area contributed by atoms with Crippen LogP contribution in [0.1, 0.15) is 10.4 Å². The van der Waals surface area contributed by atoms with Gasteiger partial charge < -0.3 is 14.2 Å². The third kappa shape index (κ3) is 6.73. The van der Waals surface area contributed by atoms with Crippen LogP contribution in [0.15, 0.2) is 53.0 Å². The number of ether oxygens (including phenoxy) is 3. The van der Waals surface area contributed by atoms with Crippen LogP contribution in [0.5, 0.6) is 11.5 Å². The molecule has 0 aliphatic rings. The van der Waals surface area contributed by atoms with Crippen LogP contribution in [0.4, 0.5) is 0 Å². The number of halogens is 1. The van der Waals surface area contributed by atoms with Crippen LogP contribution in [0.25, 0.3) is 0 Å². The predicted octanol–water partition coefficient (Wildman–Crippen LogP) is 2.31. The lowest BCUT2D eigenvalue weighted by Gasteiger charge is -2.09. The van der Waals surface area contributed by atoms with Gasteiger partial charge >= 0.3 is 0 Å². The highest BCUT2D eigenvalue weighted by Crippen LogP contribution is 2.15. The van der Waals surface area contributed by atoms with Crippen molar-refractivity contribution in [1.29, 1.82) is 0 Å². The topological polar surface area (TPSA) is 85.9 Å². The van der Waals surface area contributed by atoms with Gasteiger partial charge in [-0.3, -0.25) is 20.4 Å². The number of hydrogen-bond donors (Lipinski definition) is 2. The zero-order chi connectivity index (χ0) is 18.8. The molecule has 0 aliphatic heterocycles. The summed E-state index contributed by atoms with van der Waals surface area (Å²) >= 11 is 3.31. The van der Waals surface area contributed by atoms with E-state index in [2.05, 4.69) is 26.8 Å². The molecule has 2 aromatic rings. The highest BCUT2D eigenvalue weighted by Gasteiger charge is 2.08. The normalized spacial score (nSPS) is 10.1. The summed E-state index contributed by atoms with van der Waals surface area (Å²) in [6.07, 6.45) is 0. The fourth-order valence-corrected chi connectivity index (χ4v) is 2.12. The summed E-state index contributed by atoms with van der Waals surface area (Å²) in [6.45, 7) is 0.696. The number of methoxy groups -OCH3 is 1. The van der Waals surface area contributed by atoms with Crippen LogP contribution >= 0.6 is 15.9 Å². The Bertz CT molecular complexity index is 719. The lowest BCUT2D eigenvalue weighted by Crippen LogP contribution is -2.43. The number of carbonyl (C=O) groups excluding carboxylic acids is 2. The van der Waals surface area contributed by atoms with E-state index in [-0.39, 0.29) is 6.61 Å². The summed E-state index contributed by atoms with van der Waals surface area (Å²) in [5.41, 5.74) is 5.01. The van der Waals surface area contributed by atoms with Crippen LogP contribution in [0.2, 0.25) is 0 Å². The van der Waals surface area contributed by atoms with Gasteiger partial charge in [0, 0.05) is 17.1 Å². The van der Waals surface area contributed by atoms with Crippen molar-refractivity contribution in [2.45, 2.75) is 0 Å². The van der Waals surface area contributed by atoms with Gasteiger partial charge in [0.25, 0.3) is 11.8 Å². The Morgan fingerprint density at radius 2 is 1.50 bits per heavy atom. The Morgan fingerprint density at radius 3 is 2.15 bits per heavy atom. The van der Waals surface area contributed by atoms with Crippen molar-refractivity contribution in [3.05, 3.63) is 58.6 Å². The molecule has 0 radical (unpaired) electrons. The van der Waals surface area contributed by atoms with E-state index in [1.54, 1.807) is 55.6 Å². The minimum atomic E-state index is -0.471. The first kappa shape index (κ1) is 19.7. The standard InChI is InChI=1S/C18H19BrN2O5/c1-24-10-11-25-15-6-2-13(3-7-15)18(23)21-20-17(22)12-26-16-8-4-14(19)5-9-16/h2-9H,10-12H2,1H3,(H,20,22)(H,21,23). The van der Waals surface area contributed by atoms with Gasteiger partial charge in [-0.15, -0.1) is 0 Å². The zero-order valence-corrected chi connectivity index (χ0v) is 15.7. The quantitative estimate of drug-likeness (QED) is 0.503. The van der Waals surface area contributed by atoms with Crippen molar-refractivity contribution in [2.24, 2.45) is 0 Å². The number of hydrogen-bond acceptors (Lipinski definition) is 5. The fraction of sp³-hybridized carbons (Fsp3) is 0.222. The van der Waals surface area contributed by atoms with Crippen molar-refractivity contribution in [3.63, 3.8) is 0 Å². The van der Waals surface area contributed by atoms with Gasteiger partial charge in [-0.1, -0.05) is 15.9 Å². The zero-order valence-electron chi connectivity index (χ0n) is 14.2. The molecule has 0 unspecified atom stereocenters. The van der Waals surface area contributed by atoms with Crippen molar-refractivity contribution in [1.82, 2.24) is 10.9 Å². The van der Waals surface area contributed by atoms with Crippen molar-refractivity contribution in [2.75, 3.05) is 26.9 Å². The maximum absolute atomic E-state index is 12.0. The molecule has 2 aromatic carbocycles. The van der Waals surface area contributed by atoms with E-state index in [1.807, 2.05) is 0 Å². The Labute approximate surface area is 159 Å². The molecular weight excluding hydrogens is 404 g/mol. The van der Waals surface area contributed by atoms with Crippen molar-refractivity contribution < 1.29 is 23.8 Å². The molecule has 2 amide bonds. The highest BCUT2D eigenvalue weighted by molar-refractivity contribution is 9.10. The molecule has 138 valence electrons. The Morgan fingerprint density at radius 1 is 0.885 bits per heavy atom. The summed E-state index contributed by atoms with van der Waals surface area (Å²) in [7, 11) is 1.59. The molecule has 0 atom stereocenters. The van der Waals surface area contributed by atoms with E-state index in [1.165, 1.54) is 0 Å². The Hall–Kier alpha value is -2.58. The molecule has 26 heavy (non-hydrogen) atoms. The van der Waals surface area contributed by atoms with E-state index in [4.69, 9.17) is 14.2 Å². The van der Waals surface area contributed by atoms with Crippen LogP contribution in [-0.2, 0) is 9.53 Å². The molecule has 2 N–H and O–H groups in total. The number of rotatable bonds is 8. The second-order valence-corrected chi connectivity index (χ2v) is 6.03. The Kier molecular flexibility index (Phi) is 7.91. The van der Waals surface area contributed by atoms with Gasteiger partial charge in [-0.25, -0.2) is 0 Å². The molecule has 0 fully saturated rings. The molecule has 0 heterocycles. The molecular formula is C18H19BrN2O5. The van der Waals surface area contributed by atoms with E-state index in [0.717, 1.165) is 4.47 Å². The Balaban J connectivity index is 1.73. The predicted molar refractivity (Wildman–Crippen MR) is 99.1 cm³/mol. The second kappa shape index (κ2) is 10.4. The van der Waals surface area contributed by atoms with Gasteiger partial charge in [0.2, 0.25) is 0 Å². The van der Waals surface area contributed by atoms with Gasteiger partial charge in [0.1, 0.15) is 18.1 Å². The molecule has 7 nitrogen and oxygen atoms in total. The van der Waals surface area contributed by atoms with Crippen LogP contribution in [0, 0.1) is 0 Å². The number of carbonyl (C=O) groups is 2. The number of benzene rings is 2. The first-order valence-electron chi connectivity index (χ1n) is 7.78. The van der Waals surface area contributed by atoms with Crippen LogP contribution < -0.4 is 20.3 Å². The maximum Gasteiger partial charge on any atom is 0.276 e. The lowest BCUT2D eigenvalue weighted by molar-refractivity contribution is -0.123. The molecule has 8 heteroatoms. The average Bonchev–Trinajstić information content (AvgIpc) is 2.66. The van der Waals surface area contributed by atoms with Gasteiger partial charge in [0.05, 0.1) is 6.61 Å². The van der Waals surface area contributed by atoms with Gasteiger partial charge in [0.15, 0.2) is 6.61 Å². The van der Waals surface area contributed by atoms with E-state index in [9.17, 15) is 9.59 Å². The summed E-state index contributed by atoms with van der Waals surface area (Å²) < 4.78 is 16.5. The molecule has 0 aromatic heterocycles. The van der Waals surface area contributed by atoms with E-state index < -0.39 is 11.8 Å². The molecule has 2 rings (SSSR count). The molecule has 0 saturated carbocycles. The summed E-state index contributed by atoms with van der Waals surface area (Å²) in [4.78, 5) is 23.7. The molecule has 0 spiro atoms. The second-order valence-electron chi connectivity index (χ2n) is 5.11. The fourth-order valence-electron chi connectivity index (χ4n) is 1.86. The van der Waals surface area contributed by atoms with E-state index >= 15 is 0 Å². The largest absolute Gasteiger partial charge is 0.491 e. The monoisotopic (exact) mass is 422 g/mol. The maximum atomic E-state index is 12.0. The van der Waals surface area contributed by atoms with Crippen molar-refractivity contribution in [3.8, 4) is 11.5 Å². The smallest absolute Gasteiger partial charge is 0.276 e. The summed E-state index contributed by atoms with van der Waals surface area (Å²) in [6, 6.07) is 13.6. The minimum Gasteiger partial charge on any atom is -0.491 e. The lowest BCUT2D eigenvalue weighted by atomic mass is 10.2. The third-order valence-corrected chi connectivity index (χ3v) is 3.70. The first-order valence-corrected chi connectivity index (χ1v) is 8.57. The van der Waals surface area contributed by atoms with Gasteiger partial charge in [-0.05, 0) is 48.5 Å². The summed E-state index contributed by atoms with van der Waals surface area (Å²) in [5, 5.41) is 0.